The maximum absolute atomic E-state index is 12.4. The van der Waals surface area contributed by atoms with Gasteiger partial charge in [0.2, 0.25) is 10.0 Å². The smallest absolute Gasteiger partial charge is 0.328 e. The fourth-order valence-corrected chi connectivity index (χ4v) is 5.20. The number of sulfonamides is 1. The molecule has 0 amide bonds. The van der Waals surface area contributed by atoms with Crippen LogP contribution in [0.5, 0.6) is 0 Å². The van der Waals surface area contributed by atoms with Crippen molar-refractivity contribution in [3.63, 3.8) is 0 Å². The van der Waals surface area contributed by atoms with Crippen molar-refractivity contribution in [1.82, 2.24) is 23.8 Å². The van der Waals surface area contributed by atoms with E-state index in [1.807, 2.05) is 11.5 Å². The van der Waals surface area contributed by atoms with E-state index in [9.17, 15) is 18.0 Å². The zero-order chi connectivity index (χ0) is 22.2. The van der Waals surface area contributed by atoms with E-state index in [4.69, 9.17) is 0 Å². The van der Waals surface area contributed by atoms with Gasteiger partial charge in [-0.25, -0.2) is 22.5 Å². The lowest BCUT2D eigenvalue weighted by Crippen LogP contribution is -2.22. The molecule has 160 valence electrons. The van der Waals surface area contributed by atoms with Crippen molar-refractivity contribution in [3.05, 3.63) is 45.8 Å². The maximum atomic E-state index is 12.4. The molecule has 2 heterocycles. The summed E-state index contributed by atoms with van der Waals surface area (Å²) in [6.07, 6.45) is 0. The summed E-state index contributed by atoms with van der Waals surface area (Å²) in [5.74, 6) is 0.890. The maximum Gasteiger partial charge on any atom is 0.346 e. The summed E-state index contributed by atoms with van der Waals surface area (Å²) in [5, 5.41) is 0.356. The number of H-pyrrole nitrogens is 1. The van der Waals surface area contributed by atoms with Crippen LogP contribution in [0.25, 0.3) is 11.0 Å². The Morgan fingerprint density at radius 2 is 1.97 bits per heavy atom. The number of thioether (sulfide) groups is 1. The van der Waals surface area contributed by atoms with E-state index in [1.54, 1.807) is 25.1 Å². The first-order valence-corrected chi connectivity index (χ1v) is 11.6. The highest BCUT2D eigenvalue weighted by atomic mass is 32.2. The lowest BCUT2D eigenvalue weighted by atomic mass is 10.2. The molecule has 0 radical (unpaired) electrons. The molecule has 1 N–H and O–H groups in total. The first kappa shape index (κ1) is 22.2. The van der Waals surface area contributed by atoms with Gasteiger partial charge in [0.05, 0.1) is 27.2 Å². The van der Waals surface area contributed by atoms with Crippen molar-refractivity contribution >= 4 is 38.6 Å². The summed E-state index contributed by atoms with van der Waals surface area (Å²) in [4.78, 5) is 35.1. The minimum atomic E-state index is -3.57. The molecule has 11 heteroatoms. The number of imidazole rings is 1. The van der Waals surface area contributed by atoms with Crippen molar-refractivity contribution in [2.75, 3.05) is 14.1 Å². The van der Waals surface area contributed by atoms with Crippen molar-refractivity contribution in [2.24, 2.45) is 0 Å². The number of aromatic amines is 1. The molecule has 0 saturated carbocycles. The predicted molar refractivity (Wildman–Crippen MR) is 115 cm³/mol. The Kier molecular flexibility index (Phi) is 6.16. The zero-order valence-corrected chi connectivity index (χ0v) is 19.0. The van der Waals surface area contributed by atoms with Gasteiger partial charge in [0, 0.05) is 26.3 Å². The van der Waals surface area contributed by atoms with E-state index < -0.39 is 15.7 Å². The largest absolute Gasteiger partial charge is 0.346 e. The highest BCUT2D eigenvalue weighted by Crippen LogP contribution is 2.28. The summed E-state index contributed by atoms with van der Waals surface area (Å²) in [7, 11) is -0.602. The van der Waals surface area contributed by atoms with Crippen LogP contribution in [0.1, 0.15) is 35.7 Å². The van der Waals surface area contributed by atoms with E-state index in [-0.39, 0.29) is 10.7 Å². The average molecular weight is 450 g/mol. The monoisotopic (exact) mass is 449 g/mol. The number of hydrogen-bond acceptors (Lipinski definition) is 7. The molecule has 0 atom stereocenters. The molecule has 0 aliphatic heterocycles. The Morgan fingerprint density at radius 3 is 2.57 bits per heavy atom. The van der Waals surface area contributed by atoms with Crippen LogP contribution >= 0.6 is 11.8 Å². The SMILES string of the molecule is CCn1c(CSc2nc(=O)[nH]c(C)c2C(C)=O)nc2cc(S(=O)(=O)N(C)C)ccc21. The number of aryl methyl sites for hydroxylation is 2. The van der Waals surface area contributed by atoms with Gasteiger partial charge in [0.1, 0.15) is 10.9 Å². The first-order valence-electron chi connectivity index (χ1n) is 9.22. The fraction of sp³-hybridized carbons (Fsp3) is 0.368. The number of nitrogens with zero attached hydrogens (tertiary/aromatic N) is 4. The summed E-state index contributed by atoms with van der Waals surface area (Å²) < 4.78 is 28.0. The van der Waals surface area contributed by atoms with Gasteiger partial charge in [-0.2, -0.15) is 4.98 Å². The fourth-order valence-electron chi connectivity index (χ4n) is 3.21. The minimum Gasteiger partial charge on any atom is -0.328 e. The van der Waals surface area contributed by atoms with E-state index in [0.29, 0.717) is 39.9 Å². The standard InChI is InChI=1S/C19H23N5O4S2/c1-6-24-15-8-7-13(30(27,28)23(4)5)9-14(15)21-16(24)10-29-18-17(12(3)25)11(2)20-19(26)22-18/h7-9H,6,10H2,1-5H3,(H,20,22,26). The van der Waals surface area contributed by atoms with Gasteiger partial charge in [0.15, 0.2) is 5.78 Å². The Hall–Kier alpha value is -2.50. The third-order valence-corrected chi connectivity index (χ3v) is 7.45. The minimum absolute atomic E-state index is 0.172. The van der Waals surface area contributed by atoms with Crippen LogP contribution in [0.4, 0.5) is 0 Å². The molecule has 0 saturated heterocycles. The predicted octanol–water partition coefficient (Wildman–Crippen LogP) is 2.19. The quantitative estimate of drug-likeness (QED) is 0.334. The van der Waals surface area contributed by atoms with Crippen LogP contribution in [0.3, 0.4) is 0 Å². The molecule has 3 rings (SSSR count). The van der Waals surface area contributed by atoms with Gasteiger partial charge in [-0.05, 0) is 39.0 Å². The van der Waals surface area contributed by atoms with Gasteiger partial charge in [-0.15, -0.1) is 0 Å². The molecule has 0 aliphatic carbocycles. The zero-order valence-electron chi connectivity index (χ0n) is 17.4. The molecule has 30 heavy (non-hydrogen) atoms. The third kappa shape index (κ3) is 4.05. The topological polar surface area (TPSA) is 118 Å². The second-order valence-electron chi connectivity index (χ2n) is 6.90. The third-order valence-electron chi connectivity index (χ3n) is 4.67. The summed E-state index contributed by atoms with van der Waals surface area (Å²) in [6, 6.07) is 4.87. The molecular formula is C19H23N5O4S2. The second-order valence-corrected chi connectivity index (χ2v) is 10.0. The molecule has 2 aromatic heterocycles. The Labute approximate surface area is 178 Å². The van der Waals surface area contributed by atoms with Gasteiger partial charge >= 0.3 is 5.69 Å². The van der Waals surface area contributed by atoms with E-state index >= 15 is 0 Å². The van der Waals surface area contributed by atoms with E-state index in [0.717, 1.165) is 9.82 Å². The summed E-state index contributed by atoms with van der Waals surface area (Å²) in [6.45, 7) is 5.70. The molecule has 9 nitrogen and oxygen atoms in total. The van der Waals surface area contributed by atoms with E-state index in [1.165, 1.54) is 32.8 Å². The molecular weight excluding hydrogens is 426 g/mol. The number of fused-ring (bicyclic) bond motifs is 1. The lowest BCUT2D eigenvalue weighted by Gasteiger charge is -2.11. The van der Waals surface area contributed by atoms with Crippen molar-refractivity contribution in [2.45, 2.75) is 43.0 Å². The second kappa shape index (κ2) is 8.32. The van der Waals surface area contributed by atoms with Crippen LogP contribution in [0.15, 0.2) is 32.9 Å². The number of hydrogen-bond donors (Lipinski definition) is 1. The number of benzene rings is 1. The highest BCUT2D eigenvalue weighted by molar-refractivity contribution is 7.98. The van der Waals surface area contributed by atoms with E-state index in [2.05, 4.69) is 15.0 Å². The Morgan fingerprint density at radius 1 is 1.27 bits per heavy atom. The number of carbonyl (C=O) groups is 1. The van der Waals surface area contributed by atoms with Gasteiger partial charge in [0.25, 0.3) is 0 Å². The van der Waals surface area contributed by atoms with Crippen molar-refractivity contribution in [3.8, 4) is 0 Å². The number of nitrogens with one attached hydrogen (secondary N) is 1. The van der Waals surface area contributed by atoms with Gasteiger partial charge in [-0.1, -0.05) is 11.8 Å². The summed E-state index contributed by atoms with van der Waals surface area (Å²) in [5.41, 5.74) is 1.73. The number of rotatable bonds is 7. The molecule has 0 spiro atoms. The lowest BCUT2D eigenvalue weighted by molar-refractivity contribution is 0.101. The van der Waals surface area contributed by atoms with Crippen LogP contribution in [0, 0.1) is 6.92 Å². The van der Waals surface area contributed by atoms with Crippen molar-refractivity contribution < 1.29 is 13.2 Å². The Balaban J connectivity index is 2.02. The molecule has 0 bridgehead atoms. The molecule has 0 aliphatic rings. The Bertz CT molecular complexity index is 1290. The number of Topliss-reactive ketones (excluding diaryl/α,β-unsaturated/α-hetero) is 1. The van der Waals surface area contributed by atoms with Crippen LogP contribution in [-0.4, -0.2) is 52.1 Å². The molecule has 3 aromatic rings. The van der Waals surface area contributed by atoms with Gasteiger partial charge < -0.3 is 9.55 Å². The first-order chi connectivity index (χ1) is 14.1. The normalized spacial score (nSPS) is 12.1. The number of ketones is 1. The van der Waals surface area contributed by atoms with Crippen LogP contribution in [-0.2, 0) is 22.3 Å². The molecule has 1 aromatic carbocycles. The molecule has 0 unspecified atom stereocenters. The number of aromatic nitrogens is 4. The average Bonchev–Trinajstić information content (AvgIpc) is 3.01. The van der Waals surface area contributed by atoms with Crippen LogP contribution < -0.4 is 5.69 Å². The number of carbonyl (C=O) groups excluding carboxylic acids is 1. The molecule has 0 fully saturated rings. The summed E-state index contributed by atoms with van der Waals surface area (Å²) >= 11 is 1.25. The highest BCUT2D eigenvalue weighted by Gasteiger charge is 2.20. The van der Waals surface area contributed by atoms with Crippen LogP contribution in [0.2, 0.25) is 0 Å². The van der Waals surface area contributed by atoms with Gasteiger partial charge in [-0.3, -0.25) is 4.79 Å². The van der Waals surface area contributed by atoms with Crippen molar-refractivity contribution in [1.29, 1.82) is 0 Å².